The van der Waals surface area contributed by atoms with Gasteiger partial charge in [-0.05, 0) is 74.9 Å². The maximum absolute atomic E-state index is 13.4. The molecule has 3 saturated heterocycles. The van der Waals surface area contributed by atoms with E-state index < -0.39 is 5.60 Å². The molecule has 0 aliphatic carbocycles. The van der Waals surface area contributed by atoms with E-state index in [4.69, 9.17) is 14.2 Å². The Morgan fingerprint density at radius 1 is 0.925 bits per heavy atom. The predicted molar refractivity (Wildman–Crippen MR) is 152 cm³/mol. The fourth-order valence-electron chi connectivity index (χ4n) is 5.78. The molecule has 0 radical (unpaired) electrons. The smallest absolute Gasteiger partial charge is 0.225 e. The number of nitrogens with zero attached hydrogens (tertiary/aromatic N) is 4. The molecule has 2 aromatic carbocycles. The minimum absolute atomic E-state index is 0.0889. The van der Waals surface area contributed by atoms with E-state index in [2.05, 4.69) is 33.9 Å². The molecule has 2 aromatic rings. The third kappa shape index (κ3) is 8.16. The average molecular weight is 555 g/mol. The minimum atomic E-state index is -0.795. The first-order valence-corrected chi connectivity index (χ1v) is 14.6. The molecule has 0 aromatic heterocycles. The molecule has 3 heterocycles. The Labute approximate surface area is 237 Å². The molecule has 3 aliphatic rings. The third-order valence-corrected chi connectivity index (χ3v) is 8.15. The molecule has 3 aliphatic heterocycles. The molecule has 8 nitrogen and oxygen atoms in total. The van der Waals surface area contributed by atoms with E-state index in [1.165, 1.54) is 43.6 Å². The summed E-state index contributed by atoms with van der Waals surface area (Å²) in [6.45, 7) is 9.96. The fraction of sp³-hybridized carbons (Fsp3) is 0.581. The maximum atomic E-state index is 13.4. The molecular weight excluding hydrogens is 511 g/mol. The number of ether oxygens (including phenoxy) is 3. The summed E-state index contributed by atoms with van der Waals surface area (Å²) in [4.78, 5) is 22.4. The fourth-order valence-corrected chi connectivity index (χ4v) is 5.78. The van der Waals surface area contributed by atoms with Gasteiger partial charge in [0.2, 0.25) is 5.91 Å². The summed E-state index contributed by atoms with van der Waals surface area (Å²) in [7, 11) is 2.08. The van der Waals surface area contributed by atoms with Crippen LogP contribution in [-0.2, 0) is 16.1 Å². The molecule has 9 heteroatoms. The van der Waals surface area contributed by atoms with Gasteiger partial charge in [-0.25, -0.2) is 4.39 Å². The first-order chi connectivity index (χ1) is 19.5. The van der Waals surface area contributed by atoms with E-state index in [-0.39, 0.29) is 24.8 Å². The number of piperazine rings is 1. The topological polar surface area (TPSA) is 57.7 Å². The number of likely N-dealkylation sites (tertiary alicyclic amines) is 1. The molecule has 0 spiro atoms. The number of carbonyl (C=O) groups excluding carboxylic acids is 1. The lowest BCUT2D eigenvalue weighted by atomic mass is 9.96. The highest BCUT2D eigenvalue weighted by molar-refractivity contribution is 5.77. The lowest BCUT2D eigenvalue weighted by Gasteiger charge is -2.43. The van der Waals surface area contributed by atoms with E-state index in [9.17, 15) is 9.18 Å². The van der Waals surface area contributed by atoms with Gasteiger partial charge in [-0.3, -0.25) is 14.6 Å². The van der Waals surface area contributed by atoms with E-state index in [1.807, 2.05) is 17.0 Å². The van der Waals surface area contributed by atoms with Crippen LogP contribution in [-0.4, -0.2) is 117 Å². The summed E-state index contributed by atoms with van der Waals surface area (Å²) in [6.07, 6.45) is 2.81. The lowest BCUT2D eigenvalue weighted by Crippen LogP contribution is -2.58. The molecule has 1 atom stereocenters. The largest absolute Gasteiger partial charge is 0.492 e. The van der Waals surface area contributed by atoms with Crippen molar-refractivity contribution in [3.8, 4) is 11.5 Å². The van der Waals surface area contributed by atoms with Gasteiger partial charge >= 0.3 is 0 Å². The van der Waals surface area contributed by atoms with Crippen LogP contribution in [0.5, 0.6) is 11.5 Å². The lowest BCUT2D eigenvalue weighted by molar-refractivity contribution is -0.157. The number of carbonyl (C=O) groups is 1. The number of hydrogen-bond donors (Lipinski definition) is 0. The molecule has 218 valence electrons. The van der Waals surface area contributed by atoms with Crippen molar-refractivity contribution in [2.24, 2.45) is 0 Å². The Hall–Kier alpha value is -2.72. The van der Waals surface area contributed by atoms with Crippen molar-refractivity contribution in [3.05, 3.63) is 59.9 Å². The second-order valence-corrected chi connectivity index (χ2v) is 11.4. The van der Waals surface area contributed by atoms with Crippen LogP contribution in [0, 0.1) is 5.82 Å². The summed E-state index contributed by atoms with van der Waals surface area (Å²) in [5.41, 5.74) is 0.371. The Morgan fingerprint density at radius 2 is 1.70 bits per heavy atom. The van der Waals surface area contributed by atoms with E-state index in [1.54, 1.807) is 12.1 Å². The van der Waals surface area contributed by atoms with Crippen LogP contribution in [0.1, 0.15) is 24.8 Å². The van der Waals surface area contributed by atoms with Crippen molar-refractivity contribution in [3.63, 3.8) is 0 Å². The number of halogens is 1. The van der Waals surface area contributed by atoms with Crippen molar-refractivity contribution in [2.45, 2.75) is 31.4 Å². The summed E-state index contributed by atoms with van der Waals surface area (Å²) >= 11 is 0. The van der Waals surface area contributed by atoms with Crippen molar-refractivity contribution in [1.29, 1.82) is 0 Å². The van der Waals surface area contributed by atoms with Crippen molar-refractivity contribution < 1.29 is 23.4 Å². The van der Waals surface area contributed by atoms with Gasteiger partial charge in [0.25, 0.3) is 0 Å². The quantitative estimate of drug-likeness (QED) is 0.423. The number of likely N-dealkylation sites (N-methyl/N-ethyl adjacent to an activating group) is 1. The van der Waals surface area contributed by atoms with E-state index >= 15 is 0 Å². The van der Waals surface area contributed by atoms with Gasteiger partial charge in [0.05, 0.1) is 13.0 Å². The zero-order valence-electron chi connectivity index (χ0n) is 23.7. The Bertz CT molecular complexity index is 1090. The van der Waals surface area contributed by atoms with Crippen LogP contribution in [0.3, 0.4) is 0 Å². The second-order valence-electron chi connectivity index (χ2n) is 11.4. The van der Waals surface area contributed by atoms with Gasteiger partial charge < -0.3 is 24.0 Å². The van der Waals surface area contributed by atoms with Crippen LogP contribution in [0.2, 0.25) is 0 Å². The van der Waals surface area contributed by atoms with E-state index in [0.717, 1.165) is 51.6 Å². The number of benzene rings is 2. The minimum Gasteiger partial charge on any atom is -0.492 e. The van der Waals surface area contributed by atoms with Gasteiger partial charge in [-0.1, -0.05) is 12.1 Å². The molecule has 0 unspecified atom stereocenters. The SMILES string of the molecule is CN1CCN(C(=O)C[C@]2(COc3ccc(F)cc3)CN(Cc3cccc(OCCN4CCCC4)c3)CCO2)CC1. The first kappa shape index (κ1) is 28.8. The highest BCUT2D eigenvalue weighted by atomic mass is 19.1. The van der Waals surface area contributed by atoms with Crippen LogP contribution in [0.25, 0.3) is 0 Å². The number of amides is 1. The summed E-state index contributed by atoms with van der Waals surface area (Å²) in [5.74, 6) is 1.23. The highest BCUT2D eigenvalue weighted by Gasteiger charge is 2.41. The zero-order chi connectivity index (χ0) is 27.8. The van der Waals surface area contributed by atoms with Crippen molar-refractivity contribution in [2.75, 3.05) is 85.8 Å². The third-order valence-electron chi connectivity index (χ3n) is 8.15. The standard InChI is InChI=1S/C31H43FN4O4/c1-33-13-15-36(16-14-33)30(37)22-31(25-39-28-9-7-27(32)8-10-28)24-35(18-20-40-31)23-26-5-4-6-29(21-26)38-19-17-34-11-2-3-12-34/h4-10,21H,2-3,11-20,22-25H2,1H3/t31-/m1/s1. The zero-order valence-corrected chi connectivity index (χ0v) is 23.7. The Morgan fingerprint density at radius 3 is 2.48 bits per heavy atom. The molecule has 0 saturated carbocycles. The van der Waals surface area contributed by atoms with Crippen LogP contribution in [0.4, 0.5) is 4.39 Å². The highest BCUT2D eigenvalue weighted by Crippen LogP contribution is 2.27. The van der Waals surface area contributed by atoms with Crippen molar-refractivity contribution >= 4 is 5.91 Å². The first-order valence-electron chi connectivity index (χ1n) is 14.6. The van der Waals surface area contributed by atoms with E-state index in [0.29, 0.717) is 25.5 Å². The molecule has 1 amide bonds. The predicted octanol–water partition coefficient (Wildman–Crippen LogP) is 3.11. The molecule has 0 N–H and O–H groups in total. The summed E-state index contributed by atoms with van der Waals surface area (Å²) in [6, 6.07) is 14.3. The molecule has 0 bridgehead atoms. The van der Waals surface area contributed by atoms with Gasteiger partial charge in [0.1, 0.15) is 36.1 Å². The van der Waals surface area contributed by atoms with Gasteiger partial charge in [0, 0.05) is 52.4 Å². The maximum Gasteiger partial charge on any atom is 0.225 e. The average Bonchev–Trinajstić information content (AvgIpc) is 3.47. The Kier molecular flexibility index (Phi) is 9.91. The molecular formula is C31H43FN4O4. The molecule has 40 heavy (non-hydrogen) atoms. The number of rotatable bonds is 11. The number of morpholine rings is 1. The molecule has 3 fully saturated rings. The Balaban J connectivity index is 1.22. The summed E-state index contributed by atoms with van der Waals surface area (Å²) < 4.78 is 32.0. The van der Waals surface area contributed by atoms with Crippen molar-refractivity contribution in [1.82, 2.24) is 19.6 Å². The van der Waals surface area contributed by atoms with Gasteiger partial charge in [-0.15, -0.1) is 0 Å². The number of hydrogen-bond acceptors (Lipinski definition) is 7. The summed E-state index contributed by atoms with van der Waals surface area (Å²) in [5, 5.41) is 0. The van der Waals surface area contributed by atoms with Crippen LogP contribution in [0.15, 0.2) is 48.5 Å². The van der Waals surface area contributed by atoms with Crippen LogP contribution < -0.4 is 9.47 Å². The van der Waals surface area contributed by atoms with Crippen LogP contribution >= 0.6 is 0 Å². The monoisotopic (exact) mass is 554 g/mol. The van der Waals surface area contributed by atoms with Gasteiger partial charge in [-0.2, -0.15) is 0 Å². The normalized spacial score (nSPS) is 22.9. The molecule has 5 rings (SSSR count). The van der Waals surface area contributed by atoms with Gasteiger partial charge in [0.15, 0.2) is 0 Å². The second kappa shape index (κ2) is 13.8.